The smallest absolute Gasteiger partial charge is 0.304 e. The van der Waals surface area contributed by atoms with Crippen LogP contribution < -0.4 is 0 Å². The van der Waals surface area contributed by atoms with Gasteiger partial charge in [-0.25, -0.2) is 0 Å². The fourth-order valence-corrected chi connectivity index (χ4v) is 2.13. The third kappa shape index (κ3) is 3.31. The van der Waals surface area contributed by atoms with Crippen LogP contribution in [0.1, 0.15) is 36.5 Å². The van der Waals surface area contributed by atoms with Crippen molar-refractivity contribution in [1.29, 1.82) is 0 Å². The second-order valence-electron chi connectivity index (χ2n) is 5.12. The van der Waals surface area contributed by atoms with Crippen LogP contribution in [-0.4, -0.2) is 28.8 Å². The monoisotopic (exact) mass is 280 g/mol. The van der Waals surface area contributed by atoms with Crippen molar-refractivity contribution in [2.45, 2.75) is 26.2 Å². The lowest BCUT2D eigenvalue weighted by atomic mass is 10.1. The Bertz CT molecular complexity index is 529. The molecule has 1 fully saturated rings. The second kappa shape index (κ2) is 5.98. The third-order valence-electron chi connectivity index (χ3n) is 3.35. The Morgan fingerprint density at radius 1 is 1.50 bits per heavy atom. The molecule has 2 rings (SSSR count). The standard InChI is InChI=1S/C14H17FN2O3/c1-2-7-16(9-10-3-4-10)14(18)11-5-6-13(17(19)20)12(15)8-11/h5-6,8,10H,2-4,7,9H2,1H3. The number of hydrogen-bond donors (Lipinski definition) is 0. The Morgan fingerprint density at radius 2 is 2.20 bits per heavy atom. The number of nitrogens with zero attached hydrogens (tertiary/aromatic N) is 2. The van der Waals surface area contributed by atoms with Crippen molar-refractivity contribution in [2.75, 3.05) is 13.1 Å². The van der Waals surface area contributed by atoms with Gasteiger partial charge < -0.3 is 4.90 Å². The van der Waals surface area contributed by atoms with Gasteiger partial charge in [-0.05, 0) is 37.3 Å². The predicted molar refractivity (Wildman–Crippen MR) is 72.0 cm³/mol. The first-order chi connectivity index (χ1) is 9.52. The summed E-state index contributed by atoms with van der Waals surface area (Å²) in [5.41, 5.74) is -0.437. The molecular weight excluding hydrogens is 263 g/mol. The molecule has 0 spiro atoms. The molecule has 1 amide bonds. The van der Waals surface area contributed by atoms with Crippen LogP contribution in [0, 0.1) is 21.8 Å². The van der Waals surface area contributed by atoms with Crippen molar-refractivity contribution >= 4 is 11.6 Å². The van der Waals surface area contributed by atoms with Gasteiger partial charge in [-0.2, -0.15) is 4.39 Å². The predicted octanol–water partition coefficient (Wildman–Crippen LogP) is 3.00. The number of hydrogen-bond acceptors (Lipinski definition) is 3. The molecule has 5 nitrogen and oxygen atoms in total. The van der Waals surface area contributed by atoms with E-state index in [9.17, 15) is 19.3 Å². The van der Waals surface area contributed by atoms with Crippen LogP contribution >= 0.6 is 0 Å². The molecule has 0 aliphatic heterocycles. The molecule has 1 aromatic rings. The van der Waals surface area contributed by atoms with Gasteiger partial charge in [-0.1, -0.05) is 6.92 Å². The summed E-state index contributed by atoms with van der Waals surface area (Å²) in [6.07, 6.45) is 3.08. The Kier molecular flexibility index (Phi) is 4.32. The average molecular weight is 280 g/mol. The molecule has 0 unspecified atom stereocenters. The van der Waals surface area contributed by atoms with Crippen LogP contribution in [0.15, 0.2) is 18.2 Å². The molecule has 0 heterocycles. The molecule has 108 valence electrons. The first kappa shape index (κ1) is 14.4. The molecule has 0 radical (unpaired) electrons. The van der Waals surface area contributed by atoms with Gasteiger partial charge >= 0.3 is 5.69 Å². The minimum atomic E-state index is -0.969. The molecule has 0 saturated heterocycles. The van der Waals surface area contributed by atoms with Crippen molar-refractivity contribution in [3.63, 3.8) is 0 Å². The maximum Gasteiger partial charge on any atom is 0.304 e. The summed E-state index contributed by atoms with van der Waals surface area (Å²) in [5, 5.41) is 10.6. The summed E-state index contributed by atoms with van der Waals surface area (Å²) in [6, 6.07) is 3.32. The third-order valence-corrected chi connectivity index (χ3v) is 3.35. The van der Waals surface area contributed by atoms with Gasteiger partial charge in [-0.15, -0.1) is 0 Å². The van der Waals surface area contributed by atoms with E-state index in [-0.39, 0.29) is 11.5 Å². The summed E-state index contributed by atoms with van der Waals surface area (Å²) in [7, 11) is 0. The van der Waals surface area contributed by atoms with E-state index >= 15 is 0 Å². The van der Waals surface area contributed by atoms with Gasteiger partial charge in [-0.3, -0.25) is 14.9 Å². The van der Waals surface area contributed by atoms with Gasteiger partial charge in [0.15, 0.2) is 0 Å². The molecule has 20 heavy (non-hydrogen) atoms. The zero-order chi connectivity index (χ0) is 14.7. The number of carbonyl (C=O) groups excluding carboxylic acids is 1. The van der Waals surface area contributed by atoms with Crippen molar-refractivity contribution < 1.29 is 14.1 Å². The molecule has 1 aliphatic rings. The average Bonchev–Trinajstić information content (AvgIpc) is 3.21. The van der Waals surface area contributed by atoms with Crippen LogP contribution in [0.4, 0.5) is 10.1 Å². The first-order valence-corrected chi connectivity index (χ1v) is 6.76. The molecule has 0 aromatic heterocycles. The zero-order valence-electron chi connectivity index (χ0n) is 11.3. The van der Waals surface area contributed by atoms with E-state index in [0.29, 0.717) is 19.0 Å². The molecule has 1 saturated carbocycles. The summed E-state index contributed by atoms with van der Waals surface area (Å²) in [5.74, 6) is -0.676. The molecular formula is C14H17FN2O3. The molecule has 0 atom stereocenters. The Morgan fingerprint density at radius 3 is 2.70 bits per heavy atom. The van der Waals surface area contributed by atoms with Crippen LogP contribution in [0.3, 0.4) is 0 Å². The minimum absolute atomic E-state index is 0.169. The van der Waals surface area contributed by atoms with Gasteiger partial charge in [0.2, 0.25) is 5.82 Å². The number of rotatable bonds is 6. The highest BCUT2D eigenvalue weighted by Gasteiger charge is 2.27. The number of nitro groups is 1. The molecule has 1 aliphatic carbocycles. The highest BCUT2D eigenvalue weighted by molar-refractivity contribution is 5.94. The summed E-state index contributed by atoms with van der Waals surface area (Å²) >= 11 is 0. The molecule has 1 aromatic carbocycles. The Hall–Kier alpha value is -1.98. The second-order valence-corrected chi connectivity index (χ2v) is 5.12. The van der Waals surface area contributed by atoms with E-state index < -0.39 is 16.4 Å². The molecule has 0 bridgehead atoms. The summed E-state index contributed by atoms with van der Waals surface area (Å²) in [6.45, 7) is 3.28. The number of halogens is 1. The van der Waals surface area contributed by atoms with E-state index in [4.69, 9.17) is 0 Å². The Balaban J connectivity index is 2.17. The van der Waals surface area contributed by atoms with Gasteiger partial charge in [0.05, 0.1) is 4.92 Å². The van der Waals surface area contributed by atoms with E-state index in [1.54, 1.807) is 4.90 Å². The van der Waals surface area contributed by atoms with Crippen LogP contribution in [0.5, 0.6) is 0 Å². The lowest BCUT2D eigenvalue weighted by Gasteiger charge is -2.22. The van der Waals surface area contributed by atoms with Crippen LogP contribution in [-0.2, 0) is 0 Å². The van der Waals surface area contributed by atoms with Gasteiger partial charge in [0.25, 0.3) is 5.91 Å². The normalized spacial score (nSPS) is 14.1. The van der Waals surface area contributed by atoms with Gasteiger partial charge in [0.1, 0.15) is 0 Å². The zero-order valence-corrected chi connectivity index (χ0v) is 11.3. The Labute approximate surface area is 116 Å². The summed E-state index contributed by atoms with van der Waals surface area (Å²) < 4.78 is 13.6. The quantitative estimate of drug-likeness (QED) is 0.594. The SMILES string of the molecule is CCCN(CC1CC1)C(=O)c1ccc([N+](=O)[O-])c(F)c1. The highest BCUT2D eigenvalue weighted by atomic mass is 19.1. The van der Waals surface area contributed by atoms with Gasteiger partial charge in [0, 0.05) is 24.7 Å². The summed E-state index contributed by atoms with van der Waals surface area (Å²) in [4.78, 5) is 23.8. The maximum atomic E-state index is 13.6. The van der Waals surface area contributed by atoms with Crippen molar-refractivity contribution in [1.82, 2.24) is 4.90 Å². The lowest BCUT2D eigenvalue weighted by Crippen LogP contribution is -2.33. The van der Waals surface area contributed by atoms with E-state index in [0.717, 1.165) is 31.4 Å². The van der Waals surface area contributed by atoms with E-state index in [1.165, 1.54) is 6.07 Å². The van der Waals surface area contributed by atoms with Crippen LogP contribution in [0.2, 0.25) is 0 Å². The number of carbonyl (C=O) groups is 1. The maximum absolute atomic E-state index is 13.6. The van der Waals surface area contributed by atoms with Crippen molar-refractivity contribution in [3.05, 3.63) is 39.7 Å². The topological polar surface area (TPSA) is 63.5 Å². The number of nitro benzene ring substituents is 1. The lowest BCUT2D eigenvalue weighted by molar-refractivity contribution is -0.387. The first-order valence-electron chi connectivity index (χ1n) is 6.76. The number of amides is 1. The minimum Gasteiger partial charge on any atom is -0.338 e. The number of benzene rings is 1. The van der Waals surface area contributed by atoms with E-state index in [1.807, 2.05) is 6.92 Å². The molecule has 6 heteroatoms. The fraction of sp³-hybridized carbons (Fsp3) is 0.500. The largest absolute Gasteiger partial charge is 0.338 e. The van der Waals surface area contributed by atoms with Crippen molar-refractivity contribution in [2.24, 2.45) is 5.92 Å². The van der Waals surface area contributed by atoms with Crippen molar-refractivity contribution in [3.8, 4) is 0 Å². The van der Waals surface area contributed by atoms with E-state index in [2.05, 4.69) is 0 Å². The highest BCUT2D eigenvalue weighted by Crippen LogP contribution is 2.30. The van der Waals surface area contributed by atoms with Crippen LogP contribution in [0.25, 0.3) is 0 Å². The fourth-order valence-electron chi connectivity index (χ4n) is 2.13. The molecule has 0 N–H and O–H groups in total.